The quantitative estimate of drug-likeness (QED) is 0.833. The van der Waals surface area contributed by atoms with Gasteiger partial charge in [-0.3, -0.25) is 0 Å². The highest BCUT2D eigenvalue weighted by molar-refractivity contribution is 7.11. The topological polar surface area (TPSA) is 38.9 Å². The number of nitrogens with two attached hydrogens (primary N) is 1. The van der Waals surface area contributed by atoms with Crippen molar-refractivity contribution in [1.29, 1.82) is 0 Å². The predicted molar refractivity (Wildman–Crippen MR) is 60.7 cm³/mol. The molecule has 2 nitrogen and oxygen atoms in total. The van der Waals surface area contributed by atoms with E-state index in [4.69, 9.17) is 5.73 Å². The number of thiazole rings is 1. The Kier molecular flexibility index (Phi) is 3.54. The first-order valence-electron chi connectivity index (χ1n) is 5.55. The Morgan fingerprint density at radius 3 is 2.86 bits per heavy atom. The Balaban J connectivity index is 2.00. The molecule has 78 valence electrons. The zero-order valence-electron chi connectivity index (χ0n) is 8.54. The maximum atomic E-state index is 5.51. The van der Waals surface area contributed by atoms with E-state index in [-0.39, 0.29) is 0 Å². The molecular formula is C11H18N2S. The second-order valence-electron chi connectivity index (χ2n) is 4.03. The largest absolute Gasteiger partial charge is 0.330 e. The van der Waals surface area contributed by atoms with Gasteiger partial charge in [-0.05, 0) is 25.3 Å². The molecular weight excluding hydrogens is 192 g/mol. The van der Waals surface area contributed by atoms with Gasteiger partial charge in [0.05, 0.1) is 5.01 Å². The fourth-order valence-electron chi connectivity index (χ4n) is 2.14. The summed E-state index contributed by atoms with van der Waals surface area (Å²) in [5, 5.41) is 1.22. The molecule has 1 aliphatic carbocycles. The molecule has 14 heavy (non-hydrogen) atoms. The van der Waals surface area contributed by atoms with Gasteiger partial charge in [0.15, 0.2) is 0 Å². The third-order valence-corrected chi connectivity index (χ3v) is 4.16. The summed E-state index contributed by atoms with van der Waals surface area (Å²) < 4.78 is 0. The number of hydrogen-bond donors (Lipinski definition) is 1. The van der Waals surface area contributed by atoms with Crippen LogP contribution in [-0.2, 0) is 6.42 Å². The monoisotopic (exact) mass is 210 g/mol. The smallest absolute Gasteiger partial charge is 0.0940 e. The van der Waals surface area contributed by atoms with E-state index in [1.807, 2.05) is 11.3 Å². The van der Waals surface area contributed by atoms with Crippen LogP contribution >= 0.6 is 11.3 Å². The van der Waals surface area contributed by atoms with Gasteiger partial charge in [0.1, 0.15) is 0 Å². The Bertz CT molecular complexity index is 277. The van der Waals surface area contributed by atoms with Gasteiger partial charge in [0.25, 0.3) is 0 Å². The molecule has 1 aromatic rings. The molecule has 0 spiro atoms. The zero-order valence-corrected chi connectivity index (χ0v) is 9.35. The molecule has 1 aliphatic rings. The minimum absolute atomic E-state index is 0.720. The van der Waals surface area contributed by atoms with Crippen molar-refractivity contribution in [3.05, 3.63) is 16.1 Å². The summed E-state index contributed by atoms with van der Waals surface area (Å²) in [6.07, 6.45) is 9.96. The van der Waals surface area contributed by atoms with Crippen LogP contribution in [0.25, 0.3) is 0 Å². The summed E-state index contributed by atoms with van der Waals surface area (Å²) in [5.41, 5.74) is 5.51. The fraction of sp³-hybridized carbons (Fsp3) is 0.727. The molecule has 1 fully saturated rings. The number of nitrogens with zero attached hydrogens (tertiary/aromatic N) is 1. The molecule has 1 saturated carbocycles. The second-order valence-corrected chi connectivity index (χ2v) is 5.18. The molecule has 0 atom stereocenters. The van der Waals surface area contributed by atoms with Crippen molar-refractivity contribution in [3.63, 3.8) is 0 Å². The molecule has 2 N–H and O–H groups in total. The number of rotatable bonds is 3. The van der Waals surface area contributed by atoms with E-state index < -0.39 is 0 Å². The van der Waals surface area contributed by atoms with E-state index in [1.165, 1.54) is 42.0 Å². The number of hydrogen-bond acceptors (Lipinski definition) is 3. The van der Waals surface area contributed by atoms with Crippen molar-refractivity contribution >= 4 is 11.3 Å². The van der Waals surface area contributed by atoms with Gasteiger partial charge in [-0.1, -0.05) is 19.3 Å². The predicted octanol–water partition coefficient (Wildman–Crippen LogP) is 2.69. The molecule has 1 aromatic heterocycles. The first-order valence-corrected chi connectivity index (χ1v) is 6.36. The Morgan fingerprint density at radius 1 is 1.36 bits per heavy atom. The lowest BCUT2D eigenvalue weighted by atomic mass is 9.89. The van der Waals surface area contributed by atoms with E-state index in [1.54, 1.807) is 0 Å². The van der Waals surface area contributed by atoms with Gasteiger partial charge in [0.2, 0.25) is 0 Å². The van der Waals surface area contributed by atoms with Gasteiger partial charge < -0.3 is 5.73 Å². The van der Waals surface area contributed by atoms with Crippen LogP contribution in [0.15, 0.2) is 6.20 Å². The van der Waals surface area contributed by atoms with Gasteiger partial charge in [0, 0.05) is 17.5 Å². The third kappa shape index (κ3) is 2.34. The van der Waals surface area contributed by atoms with E-state index in [0.29, 0.717) is 0 Å². The lowest BCUT2D eigenvalue weighted by Gasteiger charge is -2.19. The van der Waals surface area contributed by atoms with Crippen LogP contribution in [0.5, 0.6) is 0 Å². The van der Waals surface area contributed by atoms with Crippen LogP contribution in [-0.4, -0.2) is 11.5 Å². The summed E-state index contributed by atoms with van der Waals surface area (Å²) >= 11 is 1.87. The second kappa shape index (κ2) is 4.89. The molecule has 2 rings (SSSR count). The first kappa shape index (κ1) is 10.1. The molecule has 0 aliphatic heterocycles. The fourth-order valence-corrected chi connectivity index (χ4v) is 3.24. The van der Waals surface area contributed by atoms with Crippen LogP contribution < -0.4 is 5.73 Å². The van der Waals surface area contributed by atoms with Gasteiger partial charge in [-0.2, -0.15) is 0 Å². The Morgan fingerprint density at radius 2 is 2.14 bits per heavy atom. The molecule has 0 aromatic carbocycles. The molecule has 0 bridgehead atoms. The van der Waals surface area contributed by atoms with Crippen molar-refractivity contribution in [2.24, 2.45) is 5.73 Å². The molecule has 3 heteroatoms. The maximum absolute atomic E-state index is 5.51. The van der Waals surface area contributed by atoms with Crippen LogP contribution in [0.4, 0.5) is 0 Å². The van der Waals surface area contributed by atoms with Gasteiger partial charge in [-0.25, -0.2) is 4.98 Å². The number of aromatic nitrogens is 1. The average Bonchev–Trinajstić information content (AvgIpc) is 2.68. The lowest BCUT2D eigenvalue weighted by Crippen LogP contribution is -2.02. The molecule has 0 saturated heterocycles. The van der Waals surface area contributed by atoms with E-state index in [9.17, 15) is 0 Å². The van der Waals surface area contributed by atoms with Crippen molar-refractivity contribution < 1.29 is 0 Å². The van der Waals surface area contributed by atoms with Crippen LogP contribution in [0.2, 0.25) is 0 Å². The lowest BCUT2D eigenvalue weighted by molar-refractivity contribution is 0.448. The normalized spacial score (nSPS) is 18.6. The van der Waals surface area contributed by atoms with Crippen molar-refractivity contribution in [2.45, 2.75) is 44.4 Å². The maximum Gasteiger partial charge on any atom is 0.0940 e. The van der Waals surface area contributed by atoms with Crippen LogP contribution in [0, 0.1) is 0 Å². The summed E-state index contributed by atoms with van der Waals surface area (Å²) in [6, 6.07) is 0. The standard InChI is InChI=1S/C11H18N2S/c12-7-6-11-13-8-10(14-11)9-4-2-1-3-5-9/h8-9H,1-7,12H2. The highest BCUT2D eigenvalue weighted by atomic mass is 32.1. The third-order valence-electron chi connectivity index (χ3n) is 2.94. The minimum atomic E-state index is 0.720. The van der Waals surface area contributed by atoms with Crippen LogP contribution in [0.1, 0.15) is 47.9 Å². The molecule has 0 radical (unpaired) electrons. The summed E-state index contributed by atoms with van der Waals surface area (Å²) in [5.74, 6) is 0.799. The summed E-state index contributed by atoms with van der Waals surface area (Å²) in [7, 11) is 0. The van der Waals surface area contributed by atoms with Crippen LogP contribution in [0.3, 0.4) is 0 Å². The Hall–Kier alpha value is -0.410. The van der Waals surface area contributed by atoms with E-state index in [0.717, 1.165) is 18.9 Å². The zero-order chi connectivity index (χ0) is 9.80. The Labute approximate surface area is 89.5 Å². The molecule has 0 amide bonds. The van der Waals surface area contributed by atoms with Crippen molar-refractivity contribution in [1.82, 2.24) is 4.98 Å². The summed E-state index contributed by atoms with van der Waals surface area (Å²) in [6.45, 7) is 0.720. The van der Waals surface area contributed by atoms with Crippen molar-refractivity contribution in [2.75, 3.05) is 6.54 Å². The minimum Gasteiger partial charge on any atom is -0.330 e. The highest BCUT2D eigenvalue weighted by Gasteiger charge is 2.17. The summed E-state index contributed by atoms with van der Waals surface area (Å²) in [4.78, 5) is 5.91. The van der Waals surface area contributed by atoms with E-state index >= 15 is 0 Å². The SMILES string of the molecule is NCCc1ncc(C2CCCCC2)s1. The van der Waals surface area contributed by atoms with Gasteiger partial charge in [-0.15, -0.1) is 11.3 Å². The molecule has 0 unspecified atom stereocenters. The van der Waals surface area contributed by atoms with E-state index in [2.05, 4.69) is 11.2 Å². The molecule has 1 heterocycles. The van der Waals surface area contributed by atoms with Gasteiger partial charge >= 0.3 is 0 Å². The highest BCUT2D eigenvalue weighted by Crippen LogP contribution is 2.35. The average molecular weight is 210 g/mol. The van der Waals surface area contributed by atoms with Crippen molar-refractivity contribution in [3.8, 4) is 0 Å². The first-order chi connectivity index (χ1) is 6.90.